The molecule has 0 aromatic heterocycles. The van der Waals surface area contributed by atoms with Gasteiger partial charge in [0.1, 0.15) is 12.4 Å². The molecule has 6 nitrogen and oxygen atoms in total. The number of aldehydes is 1. The Morgan fingerprint density at radius 1 is 1.27 bits per heavy atom. The van der Waals surface area contributed by atoms with Crippen LogP contribution >= 0.6 is 0 Å². The molecule has 2 aliphatic carbocycles. The van der Waals surface area contributed by atoms with E-state index in [2.05, 4.69) is 27.4 Å². The van der Waals surface area contributed by atoms with Crippen LogP contribution in [0.1, 0.15) is 59.8 Å². The Morgan fingerprint density at radius 3 is 2.58 bits per heavy atom. The van der Waals surface area contributed by atoms with Crippen LogP contribution in [0, 0.1) is 29.1 Å². The molecule has 6 atom stereocenters. The fourth-order valence-electron chi connectivity index (χ4n) is 5.21. The van der Waals surface area contributed by atoms with Crippen LogP contribution in [0.25, 0.3) is 0 Å². The number of rotatable bonds is 10. The lowest BCUT2D eigenvalue weighted by molar-refractivity contribution is -0.153. The number of fused-ring (bicyclic) bond motifs is 1. The predicted octanol–water partition coefficient (Wildman–Crippen LogP) is 4.85. The molecule has 0 amide bonds. The molecule has 0 aromatic carbocycles. The number of aliphatic carboxylic acids is 1. The third-order valence-electron chi connectivity index (χ3n) is 7.27. The summed E-state index contributed by atoms with van der Waals surface area (Å²) in [7, 11) is 0. The fourth-order valence-corrected chi connectivity index (χ4v) is 5.21. The second-order valence-electron chi connectivity index (χ2n) is 9.66. The number of ketones is 1. The smallest absolute Gasteiger partial charge is 0.331 e. The van der Waals surface area contributed by atoms with Crippen LogP contribution < -0.4 is 0 Å². The van der Waals surface area contributed by atoms with Gasteiger partial charge in [0.15, 0.2) is 5.78 Å². The first kappa shape index (κ1) is 26.5. The number of carboxylic acid groups (broad SMARTS) is 1. The maximum atomic E-state index is 12.5. The number of allylic oxidation sites excluding steroid dienone is 5. The average Bonchev–Trinajstić information content (AvgIpc) is 2.76. The third kappa shape index (κ3) is 6.18. The van der Waals surface area contributed by atoms with Crippen molar-refractivity contribution in [2.24, 2.45) is 29.1 Å². The third-order valence-corrected chi connectivity index (χ3v) is 7.27. The highest BCUT2D eigenvalue weighted by molar-refractivity contribution is 5.94. The molecule has 2 rings (SSSR count). The summed E-state index contributed by atoms with van der Waals surface area (Å²) < 4.78 is 5.66. The van der Waals surface area contributed by atoms with Gasteiger partial charge in [-0.25, -0.2) is 4.79 Å². The lowest BCUT2D eigenvalue weighted by Gasteiger charge is -2.50. The molecule has 0 spiro atoms. The number of esters is 1. The van der Waals surface area contributed by atoms with Crippen LogP contribution in [0.3, 0.4) is 0 Å². The molecule has 1 N–H and O–H groups in total. The first-order valence-electron chi connectivity index (χ1n) is 11.7. The van der Waals surface area contributed by atoms with E-state index in [0.29, 0.717) is 30.1 Å². The molecule has 1 fully saturated rings. The molecular weight excluding hydrogens is 420 g/mol. The van der Waals surface area contributed by atoms with Crippen molar-refractivity contribution in [2.75, 3.05) is 0 Å². The maximum Gasteiger partial charge on any atom is 0.331 e. The van der Waals surface area contributed by atoms with E-state index < -0.39 is 35.3 Å². The average molecular weight is 457 g/mol. The minimum atomic E-state index is -1.03. The summed E-state index contributed by atoms with van der Waals surface area (Å²) in [6.45, 7) is 12.0. The van der Waals surface area contributed by atoms with Gasteiger partial charge in [0.25, 0.3) is 0 Å². The van der Waals surface area contributed by atoms with Crippen molar-refractivity contribution in [2.45, 2.75) is 65.9 Å². The van der Waals surface area contributed by atoms with Gasteiger partial charge in [0.2, 0.25) is 0 Å². The molecule has 0 aromatic rings. The van der Waals surface area contributed by atoms with E-state index in [-0.39, 0.29) is 24.2 Å². The standard InChI is InChI=1S/C27H36O6/c1-6-17(2)13-18(3)9-7-8-10-25(30)33-24-12-11-21(26(31)32)27(5)22(19(4)16-28)14-20(29)15-23(24)27/h7-10,15-18,21-22,24H,4,6,11-14H2,1-3,5H3,(H,31,32)/t17?,18?,21-,22-,24-,27+/m1/s1. The zero-order chi connectivity index (χ0) is 24.8. The van der Waals surface area contributed by atoms with Crippen LogP contribution in [0.2, 0.25) is 0 Å². The molecule has 6 heteroatoms. The summed E-state index contributed by atoms with van der Waals surface area (Å²) >= 11 is 0. The molecule has 2 aliphatic rings. The van der Waals surface area contributed by atoms with E-state index in [1.807, 2.05) is 12.2 Å². The SMILES string of the molecule is C=C(C=O)[C@H]1CC(=O)C=C2[C@H](OC(=O)C=CC=CC(C)CC(C)CC)CC[C@H](C(=O)O)[C@]21C. The second kappa shape index (κ2) is 11.4. The molecule has 33 heavy (non-hydrogen) atoms. The Hall–Kier alpha value is -2.76. The highest BCUT2D eigenvalue weighted by Gasteiger charge is 2.55. The fraction of sp³-hybridized carbons (Fsp3) is 0.556. The summed E-state index contributed by atoms with van der Waals surface area (Å²) in [6, 6.07) is 0. The van der Waals surface area contributed by atoms with E-state index in [4.69, 9.17) is 4.74 Å². The second-order valence-corrected chi connectivity index (χ2v) is 9.66. The number of hydrogen-bond donors (Lipinski definition) is 1. The van der Waals surface area contributed by atoms with Crippen molar-refractivity contribution in [3.63, 3.8) is 0 Å². The number of hydrogen-bond acceptors (Lipinski definition) is 5. The lowest BCUT2D eigenvalue weighted by Crippen LogP contribution is -2.51. The minimum absolute atomic E-state index is 0.0154. The van der Waals surface area contributed by atoms with Gasteiger partial charge in [-0.15, -0.1) is 0 Å². The van der Waals surface area contributed by atoms with Crippen LogP contribution in [0.4, 0.5) is 0 Å². The molecule has 0 heterocycles. The van der Waals surface area contributed by atoms with Crippen LogP contribution in [0.5, 0.6) is 0 Å². The molecule has 1 saturated carbocycles. The summed E-state index contributed by atoms with van der Waals surface area (Å²) in [6.07, 6.45) is 10.9. The van der Waals surface area contributed by atoms with Crippen molar-refractivity contribution < 1.29 is 29.0 Å². The monoisotopic (exact) mass is 456 g/mol. The Kier molecular flexibility index (Phi) is 9.15. The largest absolute Gasteiger partial charge is 0.481 e. The van der Waals surface area contributed by atoms with Crippen molar-refractivity contribution >= 4 is 24.0 Å². The Balaban J connectivity index is 2.19. The van der Waals surface area contributed by atoms with Gasteiger partial charge in [-0.3, -0.25) is 14.4 Å². The molecule has 0 radical (unpaired) electrons. The van der Waals surface area contributed by atoms with E-state index in [1.54, 1.807) is 13.0 Å². The molecular formula is C27H36O6. The summed E-state index contributed by atoms with van der Waals surface area (Å²) in [4.78, 5) is 48.4. The molecule has 2 unspecified atom stereocenters. The summed E-state index contributed by atoms with van der Waals surface area (Å²) in [5, 5.41) is 9.85. The quantitative estimate of drug-likeness (QED) is 0.218. The molecule has 0 bridgehead atoms. The van der Waals surface area contributed by atoms with E-state index >= 15 is 0 Å². The first-order chi connectivity index (χ1) is 15.5. The maximum absolute atomic E-state index is 12.5. The van der Waals surface area contributed by atoms with Crippen molar-refractivity contribution in [1.82, 2.24) is 0 Å². The van der Waals surface area contributed by atoms with Crippen molar-refractivity contribution in [3.8, 4) is 0 Å². The van der Waals surface area contributed by atoms with Crippen LogP contribution in [-0.2, 0) is 23.9 Å². The first-order valence-corrected chi connectivity index (χ1v) is 11.7. The number of ether oxygens (including phenoxy) is 1. The van der Waals surface area contributed by atoms with Crippen molar-refractivity contribution in [3.05, 3.63) is 48.1 Å². The normalized spacial score (nSPS) is 29.3. The molecule has 0 aliphatic heterocycles. The van der Waals surface area contributed by atoms with Gasteiger partial charge in [0, 0.05) is 23.8 Å². The van der Waals surface area contributed by atoms with Crippen molar-refractivity contribution in [1.29, 1.82) is 0 Å². The van der Waals surface area contributed by atoms with E-state index in [1.165, 1.54) is 12.2 Å². The van der Waals surface area contributed by atoms with Crippen LogP contribution in [-0.4, -0.2) is 35.2 Å². The van der Waals surface area contributed by atoms with Gasteiger partial charge < -0.3 is 9.84 Å². The van der Waals surface area contributed by atoms with Gasteiger partial charge in [-0.05, 0) is 48.3 Å². The predicted molar refractivity (Wildman–Crippen MR) is 126 cm³/mol. The van der Waals surface area contributed by atoms with Crippen LogP contribution in [0.15, 0.2) is 48.1 Å². The molecule has 0 saturated heterocycles. The lowest BCUT2D eigenvalue weighted by atomic mass is 9.53. The zero-order valence-corrected chi connectivity index (χ0v) is 20.1. The van der Waals surface area contributed by atoms with Gasteiger partial charge in [-0.2, -0.15) is 0 Å². The zero-order valence-electron chi connectivity index (χ0n) is 20.1. The Labute approximate surface area is 196 Å². The minimum Gasteiger partial charge on any atom is -0.481 e. The number of carbonyl (C=O) groups is 4. The summed E-state index contributed by atoms with van der Waals surface area (Å²) in [5.41, 5.74) is -0.383. The van der Waals surface area contributed by atoms with E-state index in [9.17, 15) is 24.3 Å². The van der Waals surface area contributed by atoms with Gasteiger partial charge >= 0.3 is 11.9 Å². The Morgan fingerprint density at radius 2 is 1.97 bits per heavy atom. The topological polar surface area (TPSA) is 97.7 Å². The van der Waals surface area contributed by atoms with E-state index in [0.717, 1.165) is 12.8 Å². The molecule has 180 valence electrons. The number of carbonyl (C=O) groups excluding carboxylic acids is 3. The Bertz CT molecular complexity index is 879. The number of carboxylic acids is 1. The highest BCUT2D eigenvalue weighted by atomic mass is 16.5. The summed E-state index contributed by atoms with van der Waals surface area (Å²) in [5.74, 6) is -2.19. The highest BCUT2D eigenvalue weighted by Crippen LogP contribution is 2.55. The van der Waals surface area contributed by atoms with Gasteiger partial charge in [-0.1, -0.05) is 58.9 Å². The van der Waals surface area contributed by atoms with Gasteiger partial charge in [0.05, 0.1) is 5.92 Å².